The van der Waals surface area contributed by atoms with Crippen LogP contribution in [0.5, 0.6) is 0 Å². The third-order valence-corrected chi connectivity index (χ3v) is 2.25. The second-order valence-electron chi connectivity index (χ2n) is 3.03. The molecular weight excluding hydrogens is 206 g/mol. The Morgan fingerprint density at radius 1 is 1.71 bits per heavy atom. The predicted octanol–water partition coefficient (Wildman–Crippen LogP) is 0.889. The van der Waals surface area contributed by atoms with Crippen LogP contribution >= 0.6 is 12.4 Å². The zero-order valence-electron chi connectivity index (χ0n) is 7.78. The first-order valence-electron chi connectivity index (χ1n) is 4.17. The molecule has 0 saturated heterocycles. The molecule has 0 amide bonds. The Kier molecular flexibility index (Phi) is 3.55. The number of esters is 1. The summed E-state index contributed by atoms with van der Waals surface area (Å²) in [6.07, 6.45) is 2.22. The van der Waals surface area contributed by atoms with E-state index in [9.17, 15) is 4.79 Å². The minimum Gasteiger partial charge on any atom is -0.469 e. The summed E-state index contributed by atoms with van der Waals surface area (Å²) < 4.78 is 9.87. The van der Waals surface area contributed by atoms with Crippen LogP contribution in [0, 0.1) is 0 Å². The standard InChI is InChI=1S/C9H11NO3.ClH/c1-12-9(11)7-4-8-6(5-10-7)2-3-13-8;/h2-3,7,10H,4-5H2,1H3;1H/t7-;/m0./s1. The molecule has 0 spiro atoms. The maximum atomic E-state index is 11.2. The summed E-state index contributed by atoms with van der Waals surface area (Å²) in [6, 6.07) is 1.65. The molecule has 78 valence electrons. The monoisotopic (exact) mass is 217 g/mol. The van der Waals surface area contributed by atoms with Crippen LogP contribution in [0.2, 0.25) is 0 Å². The van der Waals surface area contributed by atoms with Gasteiger partial charge in [-0.05, 0) is 6.07 Å². The van der Waals surface area contributed by atoms with E-state index in [0.717, 1.165) is 11.3 Å². The lowest BCUT2D eigenvalue weighted by Crippen LogP contribution is -2.41. The van der Waals surface area contributed by atoms with Crippen LogP contribution in [-0.2, 0) is 22.5 Å². The number of fused-ring (bicyclic) bond motifs is 1. The largest absolute Gasteiger partial charge is 0.469 e. The fourth-order valence-corrected chi connectivity index (χ4v) is 1.50. The zero-order valence-corrected chi connectivity index (χ0v) is 8.60. The van der Waals surface area contributed by atoms with Crippen molar-refractivity contribution in [1.29, 1.82) is 0 Å². The molecule has 14 heavy (non-hydrogen) atoms. The lowest BCUT2D eigenvalue weighted by Gasteiger charge is -2.20. The highest BCUT2D eigenvalue weighted by Gasteiger charge is 2.26. The number of carbonyl (C=O) groups excluding carboxylic acids is 1. The zero-order chi connectivity index (χ0) is 9.26. The Hall–Kier alpha value is -1.00. The van der Waals surface area contributed by atoms with Crippen molar-refractivity contribution in [2.24, 2.45) is 0 Å². The molecule has 0 aliphatic carbocycles. The van der Waals surface area contributed by atoms with Gasteiger partial charge in [-0.1, -0.05) is 0 Å². The molecule has 1 aliphatic rings. The van der Waals surface area contributed by atoms with Crippen LogP contribution in [0.3, 0.4) is 0 Å². The van der Waals surface area contributed by atoms with Crippen LogP contribution in [0.1, 0.15) is 11.3 Å². The number of methoxy groups -OCH3 is 1. The van der Waals surface area contributed by atoms with Crippen LogP contribution in [-0.4, -0.2) is 19.1 Å². The van der Waals surface area contributed by atoms with Crippen molar-refractivity contribution < 1.29 is 13.9 Å². The fraction of sp³-hybridized carbons (Fsp3) is 0.444. The summed E-state index contributed by atoms with van der Waals surface area (Å²) in [5, 5.41) is 3.08. The quantitative estimate of drug-likeness (QED) is 0.710. The number of carbonyl (C=O) groups is 1. The maximum absolute atomic E-state index is 11.2. The van der Waals surface area contributed by atoms with E-state index < -0.39 is 0 Å². The third kappa shape index (κ3) is 1.91. The molecule has 1 aromatic rings. The van der Waals surface area contributed by atoms with E-state index in [2.05, 4.69) is 10.1 Å². The fourth-order valence-electron chi connectivity index (χ4n) is 1.50. The number of furan rings is 1. The van der Waals surface area contributed by atoms with Crippen molar-refractivity contribution >= 4 is 18.4 Å². The smallest absolute Gasteiger partial charge is 0.323 e. The lowest BCUT2D eigenvalue weighted by molar-refractivity contribution is -0.143. The van der Waals surface area contributed by atoms with Crippen LogP contribution in [0.25, 0.3) is 0 Å². The molecule has 2 heterocycles. The van der Waals surface area contributed by atoms with Crippen molar-refractivity contribution in [2.45, 2.75) is 19.0 Å². The molecule has 1 N–H and O–H groups in total. The third-order valence-electron chi connectivity index (χ3n) is 2.25. The Bertz CT molecular complexity index is 324. The van der Waals surface area contributed by atoms with Gasteiger partial charge in [-0.25, -0.2) is 0 Å². The van der Waals surface area contributed by atoms with Gasteiger partial charge in [0, 0.05) is 18.5 Å². The van der Waals surface area contributed by atoms with Gasteiger partial charge in [-0.15, -0.1) is 12.4 Å². The molecule has 0 saturated carbocycles. The van der Waals surface area contributed by atoms with Gasteiger partial charge in [0.25, 0.3) is 0 Å². The van der Waals surface area contributed by atoms with E-state index >= 15 is 0 Å². The number of hydrogen-bond donors (Lipinski definition) is 1. The number of rotatable bonds is 1. The Morgan fingerprint density at radius 3 is 3.21 bits per heavy atom. The molecule has 0 fully saturated rings. The molecule has 0 unspecified atom stereocenters. The van der Waals surface area contributed by atoms with Crippen LogP contribution in [0.15, 0.2) is 16.7 Å². The first kappa shape index (κ1) is 11.1. The van der Waals surface area contributed by atoms with Crippen molar-refractivity contribution in [3.63, 3.8) is 0 Å². The van der Waals surface area contributed by atoms with Crippen molar-refractivity contribution in [2.75, 3.05) is 7.11 Å². The second-order valence-corrected chi connectivity index (χ2v) is 3.03. The highest BCUT2D eigenvalue weighted by molar-refractivity contribution is 5.85. The van der Waals surface area contributed by atoms with Gasteiger partial charge in [-0.3, -0.25) is 10.1 Å². The first-order chi connectivity index (χ1) is 6.31. The van der Waals surface area contributed by atoms with Gasteiger partial charge >= 0.3 is 5.97 Å². The summed E-state index contributed by atoms with van der Waals surface area (Å²) in [5.41, 5.74) is 1.13. The summed E-state index contributed by atoms with van der Waals surface area (Å²) >= 11 is 0. The summed E-state index contributed by atoms with van der Waals surface area (Å²) in [6.45, 7) is 0.672. The lowest BCUT2D eigenvalue weighted by atomic mass is 10.0. The van der Waals surface area contributed by atoms with Crippen molar-refractivity contribution in [3.05, 3.63) is 23.7 Å². The minimum atomic E-state index is -0.261. The van der Waals surface area contributed by atoms with Gasteiger partial charge in [0.1, 0.15) is 11.8 Å². The van der Waals surface area contributed by atoms with Crippen LogP contribution in [0.4, 0.5) is 0 Å². The van der Waals surface area contributed by atoms with Crippen molar-refractivity contribution in [3.8, 4) is 0 Å². The normalized spacial score (nSPS) is 19.4. The maximum Gasteiger partial charge on any atom is 0.323 e. The van der Waals surface area contributed by atoms with Gasteiger partial charge < -0.3 is 9.15 Å². The molecule has 4 nitrogen and oxygen atoms in total. The molecule has 0 aromatic carbocycles. The van der Waals surface area contributed by atoms with E-state index in [4.69, 9.17) is 4.42 Å². The number of halogens is 1. The van der Waals surface area contributed by atoms with Gasteiger partial charge in [0.15, 0.2) is 0 Å². The second kappa shape index (κ2) is 4.48. The number of hydrogen-bond acceptors (Lipinski definition) is 4. The molecule has 0 radical (unpaired) electrons. The number of ether oxygens (including phenoxy) is 1. The van der Waals surface area contributed by atoms with Gasteiger partial charge in [0.05, 0.1) is 13.4 Å². The molecule has 1 atom stereocenters. The average Bonchev–Trinajstić information content (AvgIpc) is 2.63. The molecule has 5 heteroatoms. The Balaban J connectivity index is 0.000000980. The topological polar surface area (TPSA) is 51.5 Å². The summed E-state index contributed by atoms with van der Waals surface area (Å²) in [7, 11) is 1.39. The SMILES string of the molecule is COC(=O)[C@@H]1Cc2occc2CN1.Cl. The van der Waals surface area contributed by atoms with E-state index in [1.54, 1.807) is 6.26 Å². The van der Waals surface area contributed by atoms with E-state index in [-0.39, 0.29) is 24.4 Å². The average molecular weight is 218 g/mol. The van der Waals surface area contributed by atoms with Crippen LogP contribution < -0.4 is 5.32 Å². The Morgan fingerprint density at radius 2 is 2.50 bits per heavy atom. The van der Waals surface area contributed by atoms with Crippen molar-refractivity contribution in [1.82, 2.24) is 5.32 Å². The summed E-state index contributed by atoms with van der Waals surface area (Å²) in [4.78, 5) is 11.2. The van der Waals surface area contributed by atoms with E-state index in [0.29, 0.717) is 13.0 Å². The first-order valence-corrected chi connectivity index (χ1v) is 4.17. The minimum absolute atomic E-state index is 0. The molecule has 0 bridgehead atoms. The molecular formula is C9H12ClNO3. The molecule has 1 aromatic heterocycles. The highest BCUT2D eigenvalue weighted by Crippen LogP contribution is 2.17. The Labute approximate surface area is 88.0 Å². The molecule has 1 aliphatic heterocycles. The van der Waals surface area contributed by atoms with E-state index in [1.165, 1.54) is 7.11 Å². The summed E-state index contributed by atoms with van der Waals surface area (Å²) in [5.74, 6) is 0.649. The predicted molar refractivity (Wildman–Crippen MR) is 52.3 cm³/mol. The van der Waals surface area contributed by atoms with E-state index in [1.807, 2.05) is 6.07 Å². The number of nitrogens with one attached hydrogen (secondary N) is 1. The highest BCUT2D eigenvalue weighted by atomic mass is 35.5. The molecule has 2 rings (SSSR count). The van der Waals surface area contributed by atoms with Gasteiger partial charge in [0.2, 0.25) is 0 Å². The van der Waals surface area contributed by atoms with Gasteiger partial charge in [-0.2, -0.15) is 0 Å².